The number of rotatable bonds is 14. The molecular weight excluding hydrogens is 502 g/mol. The van der Waals surface area contributed by atoms with Crippen molar-refractivity contribution < 1.29 is 27.5 Å². The standard InChI is InChI=1S/C23H37N7O6S/c1-5-8-19(20(21(24)31)28-26-9-14-35-4)27-22(32)18-15-17(16-25-23(18)36-7-3)37(33,34)30-12-10-29(6-2)11-13-30/h8,15-16,26H,5-7,9-14H2,1-4H3,(H2,24,31)(H,27,32)/b19-8-,28-20+. The zero-order valence-electron chi connectivity index (χ0n) is 21.8. The van der Waals surface area contributed by atoms with Gasteiger partial charge in [0.25, 0.3) is 11.8 Å². The molecule has 0 atom stereocenters. The van der Waals surface area contributed by atoms with Gasteiger partial charge < -0.3 is 30.8 Å². The molecule has 1 saturated heterocycles. The molecule has 4 N–H and O–H groups in total. The number of nitrogens with zero attached hydrogens (tertiary/aromatic N) is 4. The van der Waals surface area contributed by atoms with Gasteiger partial charge in [0.1, 0.15) is 10.5 Å². The fourth-order valence-electron chi connectivity index (χ4n) is 3.56. The molecule has 37 heavy (non-hydrogen) atoms. The number of hydrogen-bond acceptors (Lipinski definition) is 10. The second kappa shape index (κ2) is 14.6. The first-order chi connectivity index (χ1) is 17.7. The molecule has 14 heteroatoms. The average molecular weight is 540 g/mol. The second-order valence-electron chi connectivity index (χ2n) is 8.00. The molecule has 13 nitrogen and oxygen atoms in total. The molecule has 2 amide bonds. The number of primary amides is 1. The molecule has 1 aromatic heterocycles. The lowest BCUT2D eigenvalue weighted by Crippen LogP contribution is -2.48. The number of piperazine rings is 1. The van der Waals surface area contributed by atoms with Gasteiger partial charge in [0.2, 0.25) is 15.9 Å². The van der Waals surface area contributed by atoms with E-state index in [-0.39, 0.29) is 34.4 Å². The minimum atomic E-state index is -3.89. The Morgan fingerprint density at radius 1 is 1.22 bits per heavy atom. The molecule has 2 rings (SSSR count). The van der Waals surface area contributed by atoms with Crippen molar-refractivity contribution in [2.75, 3.05) is 59.6 Å². The topological polar surface area (TPSA) is 169 Å². The molecule has 0 bridgehead atoms. The van der Waals surface area contributed by atoms with Crippen LogP contribution < -0.4 is 21.2 Å². The van der Waals surface area contributed by atoms with Crippen LogP contribution in [0.15, 0.2) is 34.0 Å². The highest BCUT2D eigenvalue weighted by molar-refractivity contribution is 7.89. The third-order valence-corrected chi connectivity index (χ3v) is 7.39. The molecule has 206 valence electrons. The summed E-state index contributed by atoms with van der Waals surface area (Å²) in [7, 11) is -2.37. The Kier molecular flexibility index (Phi) is 11.9. The van der Waals surface area contributed by atoms with E-state index in [2.05, 4.69) is 25.7 Å². The lowest BCUT2D eigenvalue weighted by atomic mass is 10.2. The van der Waals surface area contributed by atoms with Crippen LogP contribution in [0, 0.1) is 0 Å². The van der Waals surface area contributed by atoms with E-state index in [1.54, 1.807) is 13.0 Å². The smallest absolute Gasteiger partial charge is 0.271 e. The van der Waals surface area contributed by atoms with Crippen LogP contribution in [0.2, 0.25) is 0 Å². The molecule has 0 radical (unpaired) electrons. The summed E-state index contributed by atoms with van der Waals surface area (Å²) in [5.74, 6) is -1.63. The minimum absolute atomic E-state index is 0.0404. The van der Waals surface area contributed by atoms with Crippen molar-refractivity contribution in [1.82, 2.24) is 24.9 Å². The molecule has 1 aliphatic heterocycles. The van der Waals surface area contributed by atoms with Crippen LogP contribution >= 0.6 is 0 Å². The fourth-order valence-corrected chi connectivity index (χ4v) is 4.95. The number of hydrogen-bond donors (Lipinski definition) is 3. The second-order valence-corrected chi connectivity index (χ2v) is 9.94. The summed E-state index contributed by atoms with van der Waals surface area (Å²) in [5.41, 5.74) is 7.93. The zero-order valence-corrected chi connectivity index (χ0v) is 22.6. The molecular formula is C23H37N7O6S. The van der Waals surface area contributed by atoms with Crippen molar-refractivity contribution in [3.8, 4) is 5.88 Å². The highest BCUT2D eigenvalue weighted by atomic mass is 32.2. The number of nitrogens with two attached hydrogens (primary N) is 1. The number of nitrogens with one attached hydrogen (secondary N) is 2. The number of amides is 2. The third-order valence-electron chi connectivity index (χ3n) is 5.52. The van der Waals surface area contributed by atoms with Crippen molar-refractivity contribution in [1.29, 1.82) is 0 Å². The predicted octanol–water partition coefficient (Wildman–Crippen LogP) is -0.0925. The van der Waals surface area contributed by atoms with E-state index in [1.165, 1.54) is 23.7 Å². The number of methoxy groups -OCH3 is 1. The molecule has 0 saturated carbocycles. The van der Waals surface area contributed by atoms with Crippen LogP contribution in [0.5, 0.6) is 5.88 Å². The predicted molar refractivity (Wildman–Crippen MR) is 139 cm³/mol. The number of carbonyl (C=O) groups excluding carboxylic acids is 2. The van der Waals surface area contributed by atoms with Gasteiger partial charge in [-0.2, -0.15) is 9.41 Å². The van der Waals surface area contributed by atoms with Crippen LogP contribution in [-0.2, 0) is 19.6 Å². The number of likely N-dealkylation sites (N-methyl/N-ethyl adjacent to an activating group) is 1. The van der Waals surface area contributed by atoms with Crippen LogP contribution in [0.4, 0.5) is 0 Å². The normalized spacial score (nSPS) is 15.9. The fraction of sp³-hybridized carbons (Fsp3) is 0.565. The zero-order chi connectivity index (χ0) is 27.4. The van der Waals surface area contributed by atoms with Crippen LogP contribution in [0.1, 0.15) is 37.6 Å². The van der Waals surface area contributed by atoms with Crippen LogP contribution in [0.25, 0.3) is 0 Å². The number of aromatic nitrogens is 1. The summed E-state index contributed by atoms with van der Waals surface area (Å²) in [6.07, 6.45) is 3.21. The van der Waals surface area contributed by atoms with Gasteiger partial charge in [-0.25, -0.2) is 13.4 Å². The number of allylic oxidation sites excluding steroid dienone is 1. The van der Waals surface area contributed by atoms with E-state index < -0.39 is 21.8 Å². The van der Waals surface area contributed by atoms with E-state index in [4.69, 9.17) is 15.2 Å². The summed E-state index contributed by atoms with van der Waals surface area (Å²) in [6, 6.07) is 1.23. The molecule has 0 spiro atoms. The monoisotopic (exact) mass is 539 g/mol. The summed E-state index contributed by atoms with van der Waals surface area (Å²) in [5, 5.41) is 6.60. The van der Waals surface area contributed by atoms with E-state index in [9.17, 15) is 18.0 Å². The molecule has 0 aliphatic carbocycles. The van der Waals surface area contributed by atoms with Gasteiger partial charge in [-0.1, -0.05) is 19.9 Å². The van der Waals surface area contributed by atoms with Gasteiger partial charge in [-0.05, 0) is 26.0 Å². The lowest BCUT2D eigenvalue weighted by Gasteiger charge is -2.33. The molecule has 0 aromatic carbocycles. The first-order valence-electron chi connectivity index (χ1n) is 12.2. The number of hydrazone groups is 1. The molecule has 1 fully saturated rings. The summed E-state index contributed by atoms with van der Waals surface area (Å²) < 4.78 is 38.4. The molecule has 1 aromatic rings. The van der Waals surface area contributed by atoms with Crippen LogP contribution in [0.3, 0.4) is 0 Å². The van der Waals surface area contributed by atoms with E-state index in [0.717, 1.165) is 6.54 Å². The largest absolute Gasteiger partial charge is 0.477 e. The Morgan fingerprint density at radius 3 is 2.49 bits per heavy atom. The van der Waals surface area contributed by atoms with Gasteiger partial charge in [-0.3, -0.25) is 9.59 Å². The van der Waals surface area contributed by atoms with E-state index >= 15 is 0 Å². The van der Waals surface area contributed by atoms with Gasteiger partial charge in [0.05, 0.1) is 31.7 Å². The SMILES string of the molecule is CC/C=C(NC(=O)c1cc(S(=O)(=O)N2CCN(CC)CC2)cnc1OCC)/C(=N\NCCOC)C(N)=O. The number of pyridine rings is 1. The summed E-state index contributed by atoms with van der Waals surface area (Å²) in [4.78, 5) is 31.6. The van der Waals surface area contributed by atoms with Crippen molar-refractivity contribution in [3.05, 3.63) is 29.6 Å². The maximum Gasteiger partial charge on any atom is 0.271 e. The third kappa shape index (κ3) is 8.21. The van der Waals surface area contributed by atoms with Crippen molar-refractivity contribution in [2.45, 2.75) is 32.1 Å². The van der Waals surface area contributed by atoms with Crippen molar-refractivity contribution >= 4 is 27.5 Å². The first-order valence-corrected chi connectivity index (χ1v) is 13.6. The van der Waals surface area contributed by atoms with Gasteiger partial charge in [0.15, 0.2) is 5.71 Å². The maximum absolute atomic E-state index is 13.3. The number of ether oxygens (including phenoxy) is 2. The lowest BCUT2D eigenvalue weighted by molar-refractivity contribution is -0.112. The Hall–Kier alpha value is -3.07. The maximum atomic E-state index is 13.3. The Bertz CT molecular complexity index is 1100. The van der Waals surface area contributed by atoms with Gasteiger partial charge >= 0.3 is 0 Å². The summed E-state index contributed by atoms with van der Waals surface area (Å²) in [6.45, 7) is 9.15. The quantitative estimate of drug-likeness (QED) is 0.166. The first kappa shape index (κ1) is 30.2. The molecule has 2 heterocycles. The Balaban J connectivity index is 2.38. The highest BCUT2D eigenvalue weighted by Crippen LogP contribution is 2.23. The number of sulfonamides is 1. The molecule has 0 unspecified atom stereocenters. The van der Waals surface area contributed by atoms with E-state index in [1.807, 2.05) is 13.8 Å². The average Bonchev–Trinajstić information content (AvgIpc) is 2.88. The van der Waals surface area contributed by atoms with Gasteiger partial charge in [-0.15, -0.1) is 0 Å². The van der Waals surface area contributed by atoms with Crippen molar-refractivity contribution in [2.24, 2.45) is 10.8 Å². The van der Waals surface area contributed by atoms with E-state index in [0.29, 0.717) is 45.8 Å². The molecule has 1 aliphatic rings. The van der Waals surface area contributed by atoms with Crippen LogP contribution in [-0.4, -0.2) is 99.7 Å². The summed E-state index contributed by atoms with van der Waals surface area (Å²) >= 11 is 0. The Morgan fingerprint density at radius 2 is 1.92 bits per heavy atom. The Labute approximate surface area is 218 Å². The van der Waals surface area contributed by atoms with Crippen molar-refractivity contribution in [3.63, 3.8) is 0 Å². The number of carbonyl (C=O) groups is 2. The minimum Gasteiger partial charge on any atom is -0.477 e. The van der Waals surface area contributed by atoms with Gasteiger partial charge in [0, 0.05) is 33.3 Å². The highest BCUT2D eigenvalue weighted by Gasteiger charge is 2.30.